The van der Waals surface area contributed by atoms with Gasteiger partial charge >= 0.3 is 6.09 Å². The molecule has 1 rings (SSSR count). The number of ether oxygens (including phenoxy) is 3. The molecule has 1 aromatic carbocycles. The van der Waals surface area contributed by atoms with E-state index >= 15 is 0 Å². The SMILES string of the molecule is CCCCC[C@](OCOC)(OC(N)=O)c1ccccc1I. The molecule has 0 bridgehead atoms. The lowest BCUT2D eigenvalue weighted by Crippen LogP contribution is -2.39. The molecule has 0 radical (unpaired) electrons. The van der Waals surface area contributed by atoms with Gasteiger partial charge in [0.2, 0.25) is 5.79 Å². The van der Waals surface area contributed by atoms with Crippen molar-refractivity contribution >= 4 is 28.7 Å². The van der Waals surface area contributed by atoms with Crippen LogP contribution >= 0.6 is 22.6 Å². The van der Waals surface area contributed by atoms with Crippen molar-refractivity contribution in [2.75, 3.05) is 13.9 Å². The van der Waals surface area contributed by atoms with Crippen LogP contribution in [0.2, 0.25) is 0 Å². The number of rotatable bonds is 9. The number of hydrogen-bond acceptors (Lipinski definition) is 4. The Labute approximate surface area is 139 Å². The number of primary amides is 1. The quantitative estimate of drug-likeness (QED) is 0.385. The Kier molecular flexibility index (Phi) is 7.98. The van der Waals surface area contributed by atoms with Crippen molar-refractivity contribution in [3.05, 3.63) is 33.4 Å². The highest BCUT2D eigenvalue weighted by Gasteiger charge is 2.38. The molecule has 2 N–H and O–H groups in total. The number of unbranched alkanes of at least 4 members (excludes halogenated alkanes) is 2. The number of benzene rings is 1. The number of amides is 1. The van der Waals surface area contributed by atoms with E-state index in [1.165, 1.54) is 7.11 Å². The van der Waals surface area contributed by atoms with Crippen molar-refractivity contribution < 1.29 is 19.0 Å². The number of carbonyl (C=O) groups is 1. The first-order valence-electron chi connectivity index (χ1n) is 6.92. The summed E-state index contributed by atoms with van der Waals surface area (Å²) < 4.78 is 17.1. The van der Waals surface area contributed by atoms with Crippen LogP contribution in [0.5, 0.6) is 0 Å². The number of nitrogens with two attached hydrogens (primary N) is 1. The van der Waals surface area contributed by atoms with Crippen LogP contribution in [0.4, 0.5) is 4.79 Å². The largest absolute Gasteiger partial charge is 0.412 e. The highest BCUT2D eigenvalue weighted by molar-refractivity contribution is 14.1. The van der Waals surface area contributed by atoms with Crippen LogP contribution in [-0.4, -0.2) is 20.0 Å². The number of carbonyl (C=O) groups excluding carboxylic acids is 1. The van der Waals surface area contributed by atoms with Crippen molar-refractivity contribution in [2.24, 2.45) is 5.73 Å². The lowest BCUT2D eigenvalue weighted by Gasteiger charge is -2.33. The zero-order valence-corrected chi connectivity index (χ0v) is 14.6. The summed E-state index contributed by atoms with van der Waals surface area (Å²) in [5, 5.41) is 0. The molecular formula is C15H22INO4. The van der Waals surface area contributed by atoms with Crippen LogP contribution in [0.1, 0.15) is 38.2 Å². The van der Waals surface area contributed by atoms with E-state index in [0.717, 1.165) is 28.4 Å². The lowest BCUT2D eigenvalue weighted by molar-refractivity contribution is -0.252. The minimum absolute atomic E-state index is 0.0182. The summed E-state index contributed by atoms with van der Waals surface area (Å²) in [6, 6.07) is 7.62. The average Bonchev–Trinajstić information content (AvgIpc) is 2.45. The monoisotopic (exact) mass is 407 g/mol. The third-order valence-corrected chi connectivity index (χ3v) is 4.01. The van der Waals surface area contributed by atoms with Crippen molar-refractivity contribution in [3.63, 3.8) is 0 Å². The van der Waals surface area contributed by atoms with Crippen molar-refractivity contribution in [3.8, 4) is 0 Å². The van der Waals surface area contributed by atoms with E-state index in [1.54, 1.807) is 0 Å². The summed E-state index contributed by atoms with van der Waals surface area (Å²) >= 11 is 2.19. The molecule has 0 aromatic heterocycles. The van der Waals surface area contributed by atoms with Gasteiger partial charge in [-0.3, -0.25) is 0 Å². The third-order valence-electron chi connectivity index (χ3n) is 3.07. The molecule has 0 heterocycles. The van der Waals surface area contributed by atoms with E-state index < -0.39 is 11.9 Å². The molecule has 118 valence electrons. The molecule has 0 aliphatic rings. The summed E-state index contributed by atoms with van der Waals surface area (Å²) in [5.41, 5.74) is 6.05. The van der Waals surface area contributed by atoms with Crippen molar-refractivity contribution in [2.45, 2.75) is 38.4 Å². The van der Waals surface area contributed by atoms with E-state index in [2.05, 4.69) is 29.5 Å². The van der Waals surface area contributed by atoms with Crippen LogP contribution in [-0.2, 0) is 20.0 Å². The van der Waals surface area contributed by atoms with Crippen molar-refractivity contribution in [1.29, 1.82) is 0 Å². The Morgan fingerprint density at radius 2 is 2.05 bits per heavy atom. The second-order valence-electron chi connectivity index (χ2n) is 4.66. The number of methoxy groups -OCH3 is 1. The highest BCUT2D eigenvalue weighted by atomic mass is 127. The average molecular weight is 407 g/mol. The fourth-order valence-electron chi connectivity index (χ4n) is 2.11. The normalized spacial score (nSPS) is 13.7. The topological polar surface area (TPSA) is 70.8 Å². The predicted octanol–water partition coefficient (Wildman–Crippen LogP) is 3.74. The number of hydrogen-bond donors (Lipinski definition) is 1. The minimum Gasteiger partial charge on any atom is -0.412 e. The summed E-state index contributed by atoms with van der Waals surface area (Å²) in [7, 11) is 1.52. The summed E-state index contributed by atoms with van der Waals surface area (Å²) in [4.78, 5) is 11.4. The van der Waals surface area contributed by atoms with Gasteiger partial charge in [0.05, 0.1) is 0 Å². The Morgan fingerprint density at radius 1 is 1.33 bits per heavy atom. The maximum absolute atomic E-state index is 11.4. The summed E-state index contributed by atoms with van der Waals surface area (Å²) in [5.74, 6) is -1.20. The van der Waals surface area contributed by atoms with E-state index in [9.17, 15) is 4.79 Å². The molecule has 0 aliphatic carbocycles. The fourth-order valence-corrected chi connectivity index (χ4v) is 2.91. The van der Waals surface area contributed by atoms with Gasteiger partial charge in [0, 0.05) is 22.7 Å². The predicted molar refractivity (Wildman–Crippen MR) is 88.6 cm³/mol. The van der Waals surface area contributed by atoms with Gasteiger partial charge in [0.15, 0.2) is 6.79 Å². The molecule has 1 amide bonds. The molecule has 5 nitrogen and oxygen atoms in total. The van der Waals surface area contributed by atoms with Gasteiger partial charge in [0.25, 0.3) is 0 Å². The second kappa shape index (κ2) is 9.22. The number of halogens is 1. The van der Waals surface area contributed by atoms with Gasteiger partial charge < -0.3 is 19.9 Å². The maximum Gasteiger partial charge on any atom is 0.407 e. The van der Waals surface area contributed by atoms with Crippen LogP contribution < -0.4 is 5.73 Å². The Bertz CT molecular complexity index is 455. The van der Waals surface area contributed by atoms with E-state index in [1.807, 2.05) is 24.3 Å². The van der Waals surface area contributed by atoms with E-state index in [-0.39, 0.29) is 6.79 Å². The fraction of sp³-hybridized carbons (Fsp3) is 0.533. The van der Waals surface area contributed by atoms with Gasteiger partial charge in [-0.1, -0.05) is 38.0 Å². The van der Waals surface area contributed by atoms with E-state index in [0.29, 0.717) is 6.42 Å². The molecule has 1 atom stereocenters. The smallest absolute Gasteiger partial charge is 0.407 e. The van der Waals surface area contributed by atoms with Crippen LogP contribution in [0.3, 0.4) is 0 Å². The Morgan fingerprint density at radius 3 is 2.62 bits per heavy atom. The molecule has 21 heavy (non-hydrogen) atoms. The molecule has 0 spiro atoms. The van der Waals surface area contributed by atoms with Gasteiger partial charge in [-0.2, -0.15) is 0 Å². The molecule has 1 aromatic rings. The molecule has 0 unspecified atom stereocenters. The third kappa shape index (κ3) is 5.44. The molecule has 0 saturated heterocycles. The van der Waals surface area contributed by atoms with E-state index in [4.69, 9.17) is 19.9 Å². The molecule has 0 fully saturated rings. The molecular weight excluding hydrogens is 385 g/mol. The van der Waals surface area contributed by atoms with Crippen LogP contribution in [0.15, 0.2) is 24.3 Å². The summed E-state index contributed by atoms with van der Waals surface area (Å²) in [6.45, 7) is 2.13. The maximum atomic E-state index is 11.4. The molecule has 6 heteroatoms. The standard InChI is InChI=1S/C15H22INO4/c1-3-4-7-10-15(20-11-19-2,21-14(17)18)12-8-5-6-9-13(12)16/h5-6,8-9H,3-4,7,10-11H2,1-2H3,(H2,17,18)/t15-/m0/s1. The van der Waals surface area contributed by atoms with Gasteiger partial charge in [-0.25, -0.2) is 4.79 Å². The molecule has 0 saturated carbocycles. The van der Waals surface area contributed by atoms with Gasteiger partial charge in [-0.15, -0.1) is 0 Å². The summed E-state index contributed by atoms with van der Waals surface area (Å²) in [6.07, 6.45) is 2.61. The first kappa shape index (κ1) is 18.2. The van der Waals surface area contributed by atoms with Crippen molar-refractivity contribution in [1.82, 2.24) is 0 Å². The van der Waals surface area contributed by atoms with Crippen LogP contribution in [0.25, 0.3) is 0 Å². The zero-order chi connectivity index (χ0) is 15.7. The Hall–Kier alpha value is -0.860. The Balaban J connectivity index is 3.14. The zero-order valence-electron chi connectivity index (χ0n) is 12.4. The highest BCUT2D eigenvalue weighted by Crippen LogP contribution is 2.36. The minimum atomic E-state index is -1.20. The van der Waals surface area contributed by atoms with Gasteiger partial charge in [0.1, 0.15) is 0 Å². The lowest BCUT2D eigenvalue weighted by atomic mass is 9.99. The first-order chi connectivity index (χ1) is 10.1. The van der Waals surface area contributed by atoms with Crippen LogP contribution in [0, 0.1) is 3.57 Å². The first-order valence-corrected chi connectivity index (χ1v) is 8.00. The second-order valence-corrected chi connectivity index (χ2v) is 5.82. The molecule has 0 aliphatic heterocycles. The van der Waals surface area contributed by atoms with Gasteiger partial charge in [-0.05, 0) is 35.1 Å².